The van der Waals surface area contributed by atoms with E-state index in [1.807, 2.05) is 39.0 Å². The molecule has 0 spiro atoms. The Morgan fingerprint density at radius 1 is 1.19 bits per heavy atom. The number of rotatable bonds is 3. The molecular formula is C17H15ClFNO. The topological polar surface area (TPSA) is 33.0 Å². The number of benzene rings is 2. The van der Waals surface area contributed by atoms with Gasteiger partial charge in [-0.05, 0) is 54.3 Å². The number of ether oxygens (including phenoxy) is 1. The molecule has 0 atom stereocenters. The van der Waals surface area contributed by atoms with Gasteiger partial charge in [-0.3, -0.25) is 0 Å². The van der Waals surface area contributed by atoms with Crippen molar-refractivity contribution in [2.75, 3.05) is 0 Å². The third-order valence-electron chi connectivity index (χ3n) is 3.20. The fraction of sp³-hybridized carbons (Fsp3) is 0.235. The minimum atomic E-state index is -0.561. The summed E-state index contributed by atoms with van der Waals surface area (Å²) in [5.41, 5.74) is 2.04. The van der Waals surface area contributed by atoms with Gasteiger partial charge in [0.1, 0.15) is 5.75 Å². The lowest BCUT2D eigenvalue weighted by atomic mass is 10.0. The van der Waals surface area contributed by atoms with Crippen molar-refractivity contribution < 1.29 is 9.13 Å². The number of hydrogen-bond donors (Lipinski definition) is 0. The summed E-state index contributed by atoms with van der Waals surface area (Å²) in [6, 6.07) is 9.67. The molecule has 0 saturated heterocycles. The molecule has 0 aliphatic rings. The van der Waals surface area contributed by atoms with Gasteiger partial charge in [0.05, 0.1) is 11.6 Å². The summed E-state index contributed by atoms with van der Waals surface area (Å²) in [6.45, 7) is 5.91. The minimum Gasteiger partial charge on any atom is -0.454 e. The maximum absolute atomic E-state index is 13.9. The van der Waals surface area contributed by atoms with Crippen LogP contribution in [0.2, 0.25) is 5.02 Å². The van der Waals surface area contributed by atoms with Crippen LogP contribution in [0.4, 0.5) is 4.39 Å². The molecule has 0 N–H and O–H groups in total. The van der Waals surface area contributed by atoms with Crippen LogP contribution < -0.4 is 4.74 Å². The van der Waals surface area contributed by atoms with Crippen molar-refractivity contribution in [2.24, 2.45) is 0 Å². The molecule has 0 aliphatic heterocycles. The van der Waals surface area contributed by atoms with Gasteiger partial charge in [-0.15, -0.1) is 0 Å². The zero-order valence-corrected chi connectivity index (χ0v) is 12.8. The van der Waals surface area contributed by atoms with Crippen molar-refractivity contribution in [3.05, 3.63) is 57.9 Å². The van der Waals surface area contributed by atoms with Crippen LogP contribution in [0.3, 0.4) is 0 Å². The van der Waals surface area contributed by atoms with Crippen LogP contribution in [0.5, 0.6) is 11.5 Å². The predicted octanol–water partition coefficient (Wildman–Crippen LogP) is 5.57. The summed E-state index contributed by atoms with van der Waals surface area (Å²) in [5, 5.41) is 9.42. The third-order valence-corrected chi connectivity index (χ3v) is 3.52. The Balaban J connectivity index is 2.40. The third kappa shape index (κ3) is 3.34. The van der Waals surface area contributed by atoms with Gasteiger partial charge in [-0.2, -0.15) is 5.26 Å². The molecule has 2 aromatic carbocycles. The van der Waals surface area contributed by atoms with E-state index in [9.17, 15) is 4.39 Å². The molecule has 0 aromatic heterocycles. The summed E-state index contributed by atoms with van der Waals surface area (Å²) in [4.78, 5) is 0. The maximum Gasteiger partial charge on any atom is 0.167 e. The van der Waals surface area contributed by atoms with E-state index < -0.39 is 5.82 Å². The van der Waals surface area contributed by atoms with Gasteiger partial charge in [-0.1, -0.05) is 25.4 Å². The summed E-state index contributed by atoms with van der Waals surface area (Å²) in [6.07, 6.45) is 0. The van der Waals surface area contributed by atoms with Crippen molar-refractivity contribution in [2.45, 2.75) is 26.7 Å². The molecule has 0 radical (unpaired) electrons. The van der Waals surface area contributed by atoms with Crippen molar-refractivity contribution in [1.82, 2.24) is 0 Å². The highest BCUT2D eigenvalue weighted by Gasteiger charge is 2.12. The lowest BCUT2D eigenvalue weighted by molar-refractivity contribution is 0.438. The standard InChI is InChI=1S/C17H15ClFNO/c1-10(2)13-8-17(11(3)6-14(13)18)21-16-5-4-12(9-20)7-15(16)19/h4-8,10H,1-3H3. The fourth-order valence-corrected chi connectivity index (χ4v) is 2.43. The van der Waals surface area contributed by atoms with Gasteiger partial charge in [-0.25, -0.2) is 4.39 Å². The van der Waals surface area contributed by atoms with Gasteiger partial charge in [0.25, 0.3) is 0 Å². The van der Waals surface area contributed by atoms with E-state index in [0.29, 0.717) is 10.8 Å². The average molecular weight is 304 g/mol. The van der Waals surface area contributed by atoms with Crippen LogP contribution in [0.25, 0.3) is 0 Å². The molecular weight excluding hydrogens is 289 g/mol. The lowest BCUT2D eigenvalue weighted by Gasteiger charge is -2.14. The van der Waals surface area contributed by atoms with E-state index in [1.54, 1.807) is 0 Å². The smallest absolute Gasteiger partial charge is 0.167 e. The zero-order valence-electron chi connectivity index (χ0n) is 12.1. The fourth-order valence-electron chi connectivity index (χ4n) is 1.99. The summed E-state index contributed by atoms with van der Waals surface area (Å²) in [5.74, 6) is 0.335. The average Bonchev–Trinajstić information content (AvgIpc) is 2.43. The number of halogens is 2. The molecule has 0 unspecified atom stereocenters. The second-order valence-electron chi connectivity index (χ2n) is 5.15. The second kappa shape index (κ2) is 6.15. The summed E-state index contributed by atoms with van der Waals surface area (Å²) >= 11 is 6.20. The normalized spacial score (nSPS) is 10.5. The molecule has 4 heteroatoms. The second-order valence-corrected chi connectivity index (χ2v) is 5.56. The molecule has 0 heterocycles. The Labute approximate surface area is 128 Å². The van der Waals surface area contributed by atoms with Gasteiger partial charge in [0.2, 0.25) is 0 Å². The highest BCUT2D eigenvalue weighted by molar-refractivity contribution is 6.31. The Morgan fingerprint density at radius 3 is 2.48 bits per heavy atom. The molecule has 108 valence electrons. The first kappa shape index (κ1) is 15.3. The van der Waals surface area contributed by atoms with Gasteiger partial charge in [0.15, 0.2) is 11.6 Å². The van der Waals surface area contributed by atoms with Crippen molar-refractivity contribution in [1.29, 1.82) is 5.26 Å². The molecule has 0 bridgehead atoms. The van der Waals surface area contributed by atoms with Gasteiger partial charge in [0, 0.05) is 5.02 Å². The Bertz CT molecular complexity index is 719. The monoisotopic (exact) mass is 303 g/mol. The van der Waals surface area contributed by atoms with Crippen LogP contribution in [0.15, 0.2) is 30.3 Å². The molecule has 2 rings (SSSR count). The van der Waals surface area contributed by atoms with E-state index >= 15 is 0 Å². The molecule has 0 saturated carbocycles. The summed E-state index contributed by atoms with van der Waals surface area (Å²) in [7, 11) is 0. The van der Waals surface area contributed by atoms with E-state index in [1.165, 1.54) is 12.1 Å². The van der Waals surface area contributed by atoms with Crippen LogP contribution in [0, 0.1) is 24.1 Å². The molecule has 21 heavy (non-hydrogen) atoms. The van der Waals surface area contributed by atoms with Crippen LogP contribution in [-0.2, 0) is 0 Å². The van der Waals surface area contributed by atoms with E-state index in [-0.39, 0.29) is 17.2 Å². The predicted molar refractivity (Wildman–Crippen MR) is 81.5 cm³/mol. The SMILES string of the molecule is Cc1cc(Cl)c(C(C)C)cc1Oc1ccc(C#N)cc1F. The number of aryl methyl sites for hydroxylation is 1. The van der Waals surface area contributed by atoms with Crippen molar-refractivity contribution >= 4 is 11.6 Å². The Hall–Kier alpha value is -2.05. The number of nitriles is 1. The first-order valence-electron chi connectivity index (χ1n) is 6.60. The molecule has 0 amide bonds. The molecule has 0 fully saturated rings. The minimum absolute atomic E-state index is 0.0918. The molecule has 0 aliphatic carbocycles. The summed E-state index contributed by atoms with van der Waals surface area (Å²) < 4.78 is 19.5. The van der Waals surface area contributed by atoms with E-state index in [0.717, 1.165) is 17.2 Å². The zero-order chi connectivity index (χ0) is 15.6. The van der Waals surface area contributed by atoms with Crippen molar-refractivity contribution in [3.63, 3.8) is 0 Å². The van der Waals surface area contributed by atoms with Crippen LogP contribution >= 0.6 is 11.6 Å². The van der Waals surface area contributed by atoms with E-state index in [4.69, 9.17) is 21.6 Å². The molecule has 2 aromatic rings. The van der Waals surface area contributed by atoms with Crippen LogP contribution in [0.1, 0.15) is 36.5 Å². The lowest BCUT2D eigenvalue weighted by Crippen LogP contribution is -1.96. The first-order valence-corrected chi connectivity index (χ1v) is 6.97. The van der Waals surface area contributed by atoms with Gasteiger partial charge >= 0.3 is 0 Å². The highest BCUT2D eigenvalue weighted by Crippen LogP contribution is 2.34. The number of hydrogen-bond acceptors (Lipinski definition) is 2. The highest BCUT2D eigenvalue weighted by atomic mass is 35.5. The number of nitrogens with zero attached hydrogens (tertiary/aromatic N) is 1. The Morgan fingerprint density at radius 2 is 1.90 bits per heavy atom. The first-order chi connectivity index (χ1) is 9.92. The van der Waals surface area contributed by atoms with Gasteiger partial charge < -0.3 is 4.74 Å². The maximum atomic E-state index is 13.9. The Kier molecular flexibility index (Phi) is 4.50. The van der Waals surface area contributed by atoms with E-state index in [2.05, 4.69) is 0 Å². The quantitative estimate of drug-likeness (QED) is 0.742. The largest absolute Gasteiger partial charge is 0.454 e. The molecule has 2 nitrogen and oxygen atoms in total. The van der Waals surface area contributed by atoms with Crippen LogP contribution in [-0.4, -0.2) is 0 Å². The van der Waals surface area contributed by atoms with Crippen molar-refractivity contribution in [3.8, 4) is 17.6 Å².